The summed E-state index contributed by atoms with van der Waals surface area (Å²) in [5.41, 5.74) is 0. The fourth-order valence-corrected chi connectivity index (χ4v) is 3.13. The number of amides is 1. The van der Waals surface area contributed by atoms with Crippen molar-refractivity contribution in [2.24, 2.45) is 0 Å². The molecular formula is C12H17NO2S. The first-order valence-electron chi connectivity index (χ1n) is 5.74. The quantitative estimate of drug-likeness (QED) is 0.795. The summed E-state index contributed by atoms with van der Waals surface area (Å²) in [5.74, 6) is 2.30. The number of furan rings is 1. The van der Waals surface area contributed by atoms with Crippen LogP contribution in [0.3, 0.4) is 0 Å². The van der Waals surface area contributed by atoms with E-state index in [4.69, 9.17) is 4.42 Å². The Morgan fingerprint density at radius 3 is 3.19 bits per heavy atom. The Morgan fingerprint density at radius 1 is 1.62 bits per heavy atom. The van der Waals surface area contributed by atoms with Gasteiger partial charge < -0.3 is 9.32 Å². The van der Waals surface area contributed by atoms with Crippen LogP contribution in [0.1, 0.15) is 30.8 Å². The molecule has 0 radical (unpaired) electrons. The average molecular weight is 239 g/mol. The van der Waals surface area contributed by atoms with E-state index in [1.165, 1.54) is 0 Å². The predicted molar refractivity (Wildman–Crippen MR) is 65.4 cm³/mol. The lowest BCUT2D eigenvalue weighted by Gasteiger charge is -2.19. The van der Waals surface area contributed by atoms with Crippen LogP contribution in [-0.4, -0.2) is 29.6 Å². The second-order valence-electron chi connectivity index (χ2n) is 3.90. The van der Waals surface area contributed by atoms with Gasteiger partial charge in [0.05, 0.1) is 11.5 Å². The molecular weight excluding hydrogens is 222 g/mol. The average Bonchev–Trinajstić information content (AvgIpc) is 2.73. The summed E-state index contributed by atoms with van der Waals surface area (Å²) in [5, 5.41) is 0.407. The van der Waals surface area contributed by atoms with E-state index in [0.29, 0.717) is 11.7 Å². The normalized spacial score (nSPS) is 21.8. The van der Waals surface area contributed by atoms with Crippen molar-refractivity contribution >= 4 is 17.7 Å². The molecule has 1 unspecified atom stereocenters. The zero-order valence-electron chi connectivity index (χ0n) is 9.52. The summed E-state index contributed by atoms with van der Waals surface area (Å²) < 4.78 is 5.43. The van der Waals surface area contributed by atoms with Crippen LogP contribution in [0, 0.1) is 0 Å². The Kier molecular flexibility index (Phi) is 3.93. The van der Waals surface area contributed by atoms with Gasteiger partial charge in [-0.05, 0) is 18.6 Å². The van der Waals surface area contributed by atoms with Crippen molar-refractivity contribution in [1.82, 2.24) is 4.90 Å². The zero-order chi connectivity index (χ0) is 11.4. The van der Waals surface area contributed by atoms with E-state index in [0.717, 1.165) is 31.0 Å². The first kappa shape index (κ1) is 11.6. The summed E-state index contributed by atoms with van der Waals surface area (Å²) in [6.45, 7) is 3.64. The predicted octanol–water partition coefficient (Wildman–Crippen LogP) is 2.70. The van der Waals surface area contributed by atoms with Crippen molar-refractivity contribution in [1.29, 1.82) is 0 Å². The molecule has 1 atom stereocenters. The highest BCUT2D eigenvalue weighted by Gasteiger charge is 2.22. The van der Waals surface area contributed by atoms with E-state index in [9.17, 15) is 4.79 Å². The minimum Gasteiger partial charge on any atom is -0.468 e. The van der Waals surface area contributed by atoms with Crippen LogP contribution in [0.5, 0.6) is 0 Å². The van der Waals surface area contributed by atoms with Gasteiger partial charge in [-0.15, -0.1) is 11.8 Å². The monoisotopic (exact) mass is 239 g/mol. The lowest BCUT2D eigenvalue weighted by molar-refractivity contribution is -0.130. The van der Waals surface area contributed by atoms with Crippen molar-refractivity contribution in [2.75, 3.05) is 18.8 Å². The number of nitrogens with zero attached hydrogens (tertiary/aromatic N) is 1. The van der Waals surface area contributed by atoms with Gasteiger partial charge in [-0.25, -0.2) is 0 Å². The van der Waals surface area contributed by atoms with Gasteiger partial charge in [0.15, 0.2) is 0 Å². The van der Waals surface area contributed by atoms with E-state index in [1.807, 2.05) is 35.7 Å². The van der Waals surface area contributed by atoms with E-state index in [-0.39, 0.29) is 5.91 Å². The maximum Gasteiger partial charge on any atom is 0.222 e. The summed E-state index contributed by atoms with van der Waals surface area (Å²) in [6.07, 6.45) is 3.32. The maximum atomic E-state index is 11.6. The standard InChI is InChI=1S/C12H17NO2S/c1-2-12(14)13-6-5-11(16-9-7-13)10-4-3-8-15-10/h3-4,8,11H,2,5-7,9H2,1H3. The van der Waals surface area contributed by atoms with Gasteiger partial charge in [0.25, 0.3) is 0 Å². The largest absolute Gasteiger partial charge is 0.468 e. The van der Waals surface area contributed by atoms with Crippen molar-refractivity contribution in [3.8, 4) is 0 Å². The molecule has 1 aromatic rings. The zero-order valence-corrected chi connectivity index (χ0v) is 10.3. The van der Waals surface area contributed by atoms with Gasteiger partial charge in [0, 0.05) is 25.3 Å². The molecule has 2 heterocycles. The third-order valence-electron chi connectivity index (χ3n) is 2.86. The molecule has 0 N–H and O–H groups in total. The van der Waals surface area contributed by atoms with Gasteiger partial charge >= 0.3 is 0 Å². The highest BCUT2D eigenvalue weighted by Crippen LogP contribution is 2.34. The number of hydrogen-bond donors (Lipinski definition) is 0. The van der Waals surface area contributed by atoms with Crippen LogP contribution in [0.4, 0.5) is 0 Å². The topological polar surface area (TPSA) is 33.5 Å². The Balaban J connectivity index is 1.96. The molecule has 16 heavy (non-hydrogen) atoms. The number of hydrogen-bond acceptors (Lipinski definition) is 3. The highest BCUT2D eigenvalue weighted by molar-refractivity contribution is 7.99. The van der Waals surface area contributed by atoms with E-state index >= 15 is 0 Å². The summed E-state index contributed by atoms with van der Waals surface area (Å²) >= 11 is 1.89. The molecule has 1 aromatic heterocycles. The number of rotatable bonds is 2. The second-order valence-corrected chi connectivity index (χ2v) is 5.21. The first-order valence-corrected chi connectivity index (χ1v) is 6.79. The summed E-state index contributed by atoms with van der Waals surface area (Å²) in [4.78, 5) is 13.6. The first-order chi connectivity index (χ1) is 7.81. The molecule has 1 saturated heterocycles. The molecule has 4 heteroatoms. The van der Waals surface area contributed by atoms with E-state index in [2.05, 4.69) is 0 Å². The molecule has 0 saturated carbocycles. The van der Waals surface area contributed by atoms with Crippen molar-refractivity contribution in [2.45, 2.75) is 25.0 Å². The smallest absolute Gasteiger partial charge is 0.222 e. The molecule has 1 fully saturated rings. The minimum absolute atomic E-state index is 0.265. The lowest BCUT2D eigenvalue weighted by Crippen LogP contribution is -2.32. The molecule has 3 nitrogen and oxygen atoms in total. The van der Waals surface area contributed by atoms with E-state index < -0.39 is 0 Å². The molecule has 0 aliphatic carbocycles. The molecule has 1 amide bonds. The van der Waals surface area contributed by atoms with Crippen LogP contribution in [0.15, 0.2) is 22.8 Å². The SMILES string of the molecule is CCC(=O)N1CCSC(c2ccco2)CC1. The van der Waals surface area contributed by atoms with Crippen LogP contribution in [0.2, 0.25) is 0 Å². The van der Waals surface area contributed by atoms with Gasteiger partial charge in [-0.2, -0.15) is 0 Å². The van der Waals surface area contributed by atoms with Gasteiger partial charge in [-0.3, -0.25) is 4.79 Å². The number of carbonyl (C=O) groups is 1. The third-order valence-corrected chi connectivity index (χ3v) is 4.15. The lowest BCUT2D eigenvalue weighted by atomic mass is 10.2. The van der Waals surface area contributed by atoms with Crippen LogP contribution >= 0.6 is 11.8 Å². The molecule has 0 bridgehead atoms. The van der Waals surface area contributed by atoms with E-state index in [1.54, 1.807) is 6.26 Å². The fraction of sp³-hybridized carbons (Fsp3) is 0.583. The maximum absolute atomic E-state index is 11.6. The Bertz CT molecular complexity index is 337. The number of carbonyl (C=O) groups excluding carboxylic acids is 1. The Morgan fingerprint density at radius 2 is 2.50 bits per heavy atom. The molecule has 2 rings (SSSR count). The highest BCUT2D eigenvalue weighted by atomic mass is 32.2. The molecule has 0 spiro atoms. The molecule has 1 aliphatic heterocycles. The van der Waals surface area contributed by atoms with Crippen molar-refractivity contribution in [3.63, 3.8) is 0 Å². The minimum atomic E-state index is 0.265. The summed E-state index contributed by atoms with van der Waals surface area (Å²) in [6, 6.07) is 3.95. The Hall–Kier alpha value is -0.900. The van der Waals surface area contributed by atoms with Gasteiger partial charge in [0.1, 0.15) is 5.76 Å². The Labute approximate surface area is 100 Å². The van der Waals surface area contributed by atoms with Crippen LogP contribution in [0.25, 0.3) is 0 Å². The molecule has 88 valence electrons. The van der Waals surface area contributed by atoms with Gasteiger partial charge in [0.2, 0.25) is 5.91 Å². The third kappa shape index (κ3) is 2.61. The summed E-state index contributed by atoms with van der Waals surface area (Å²) in [7, 11) is 0. The van der Waals surface area contributed by atoms with Crippen LogP contribution < -0.4 is 0 Å². The van der Waals surface area contributed by atoms with Crippen molar-refractivity contribution < 1.29 is 9.21 Å². The molecule has 1 aliphatic rings. The van der Waals surface area contributed by atoms with Gasteiger partial charge in [-0.1, -0.05) is 6.92 Å². The number of thioether (sulfide) groups is 1. The second kappa shape index (κ2) is 5.43. The fourth-order valence-electron chi connectivity index (χ4n) is 1.95. The van der Waals surface area contributed by atoms with Crippen LogP contribution in [-0.2, 0) is 4.79 Å². The van der Waals surface area contributed by atoms with Crippen molar-refractivity contribution in [3.05, 3.63) is 24.2 Å². The molecule has 0 aromatic carbocycles.